The van der Waals surface area contributed by atoms with Crippen LogP contribution in [0.3, 0.4) is 0 Å². The van der Waals surface area contributed by atoms with Crippen LogP contribution in [0.5, 0.6) is 0 Å². The minimum Gasteiger partial charge on any atom is -0.412 e. The minimum atomic E-state index is 0. The van der Waals surface area contributed by atoms with Gasteiger partial charge in [0, 0.05) is 54.9 Å². The van der Waals surface area contributed by atoms with Crippen molar-refractivity contribution in [1.82, 2.24) is 20.0 Å². The van der Waals surface area contributed by atoms with E-state index in [1.807, 2.05) is 0 Å². The number of piperidine rings is 1. The van der Waals surface area contributed by atoms with Gasteiger partial charge in [0.25, 0.3) is 0 Å². The van der Waals surface area contributed by atoms with Crippen molar-refractivity contribution in [2.45, 2.75) is 103 Å². The van der Waals surface area contributed by atoms with Crippen molar-refractivity contribution in [3.8, 4) is 0 Å². The van der Waals surface area contributed by atoms with Crippen molar-refractivity contribution < 1.29 is 27.4 Å². The molecule has 2 aliphatic carbocycles. The Morgan fingerprint density at radius 2 is 1.61 bits per heavy atom. The summed E-state index contributed by atoms with van der Waals surface area (Å²) in [6, 6.07) is 1.05. The number of likely N-dealkylation sites (N-methyl/N-ethyl adjacent to an activating group) is 1. The quantitative estimate of drug-likeness (QED) is 0.277. The molecule has 1 saturated carbocycles. The zero-order valence-electron chi connectivity index (χ0n) is 28.1. The maximum absolute atomic E-state index is 7.04. The molecule has 2 heterocycles. The van der Waals surface area contributed by atoms with Gasteiger partial charge in [-0.05, 0) is 108 Å². The van der Waals surface area contributed by atoms with Gasteiger partial charge in [-0.1, -0.05) is 46.8 Å². The van der Waals surface area contributed by atoms with Gasteiger partial charge in [0.05, 0.1) is 0 Å². The molecule has 4 aliphatic rings. The highest BCUT2D eigenvalue weighted by molar-refractivity contribution is 6.21. The first kappa shape index (κ1) is 48.4. The molecule has 2 saturated heterocycles. The van der Waals surface area contributed by atoms with Gasteiger partial charge in [-0.25, -0.2) is 0 Å². The van der Waals surface area contributed by atoms with Crippen molar-refractivity contribution >= 4 is 23.2 Å². The average Bonchev–Trinajstić information content (AvgIpc) is 3.14. The summed E-state index contributed by atoms with van der Waals surface area (Å²) in [6.07, 6.45) is 11.4. The van der Waals surface area contributed by atoms with E-state index in [0.29, 0.717) is 40.6 Å². The Labute approximate surface area is 280 Å². The SMILES string of the molecule is C.CC(C)[C@H](CN1CCC(C2CCC(Cl)CC2)C(C)(C)C1)NCC1C=C2C(CCN(C)C)CN(C)C2CC1Cl.O.O.O.O.O. The lowest BCUT2D eigenvalue weighted by Crippen LogP contribution is -2.53. The highest BCUT2D eigenvalue weighted by atomic mass is 35.5. The molecule has 3 fully saturated rings. The van der Waals surface area contributed by atoms with Crippen molar-refractivity contribution in [3.63, 3.8) is 0 Å². The maximum Gasteiger partial charge on any atom is 0.0429 e. The summed E-state index contributed by atoms with van der Waals surface area (Å²) in [5.41, 5.74) is 2.05. The highest BCUT2D eigenvalue weighted by Gasteiger charge is 2.42. The molecule has 9 nitrogen and oxygen atoms in total. The Kier molecular flexibility index (Phi) is 23.1. The van der Waals surface area contributed by atoms with E-state index in [0.717, 1.165) is 37.9 Å². The molecular weight excluding hydrogens is 603 g/mol. The second-order valence-corrected chi connectivity index (χ2v) is 15.9. The Morgan fingerprint density at radius 1 is 1.00 bits per heavy atom. The molecule has 0 radical (unpaired) electrons. The van der Waals surface area contributed by atoms with Gasteiger partial charge in [-0.15, -0.1) is 23.2 Å². The summed E-state index contributed by atoms with van der Waals surface area (Å²) in [5.74, 6) is 3.44. The van der Waals surface area contributed by atoms with Crippen LogP contribution in [-0.4, -0.2) is 125 Å². The molecule has 0 spiro atoms. The number of likely N-dealkylation sites (tertiary alicyclic amines) is 2. The van der Waals surface area contributed by atoms with Gasteiger partial charge >= 0.3 is 0 Å². The smallest absolute Gasteiger partial charge is 0.0429 e. The molecule has 0 aromatic rings. The molecule has 268 valence electrons. The topological polar surface area (TPSA) is 179 Å². The molecular formula is C33H72Cl2N4O5. The lowest BCUT2D eigenvalue weighted by atomic mass is 9.64. The first-order valence-corrected chi connectivity index (χ1v) is 16.6. The number of nitrogens with zero attached hydrogens (tertiary/aromatic N) is 3. The number of nitrogens with one attached hydrogen (secondary N) is 1. The third-order valence-electron chi connectivity index (χ3n) is 10.7. The molecule has 0 bridgehead atoms. The van der Waals surface area contributed by atoms with E-state index in [9.17, 15) is 0 Å². The van der Waals surface area contributed by atoms with Gasteiger partial charge in [0.2, 0.25) is 0 Å². The summed E-state index contributed by atoms with van der Waals surface area (Å²) >= 11 is 13.5. The van der Waals surface area contributed by atoms with E-state index in [-0.39, 0.29) is 40.2 Å². The van der Waals surface area contributed by atoms with Gasteiger partial charge in [0.1, 0.15) is 0 Å². The van der Waals surface area contributed by atoms with Crippen LogP contribution in [0.4, 0.5) is 0 Å². The van der Waals surface area contributed by atoms with Crippen LogP contribution in [0.25, 0.3) is 0 Å². The first-order chi connectivity index (χ1) is 17.9. The van der Waals surface area contributed by atoms with Gasteiger partial charge in [0.15, 0.2) is 0 Å². The van der Waals surface area contributed by atoms with Crippen molar-refractivity contribution in [3.05, 3.63) is 11.6 Å². The lowest BCUT2D eigenvalue weighted by molar-refractivity contribution is 0.00472. The number of hydrogen-bond acceptors (Lipinski definition) is 4. The molecule has 0 aromatic heterocycles. The normalized spacial score (nSPS) is 32.3. The number of halogens is 2. The Bertz CT molecular complexity index is 798. The third kappa shape index (κ3) is 12.2. The number of fused-ring (bicyclic) bond motifs is 1. The summed E-state index contributed by atoms with van der Waals surface area (Å²) in [7, 11) is 6.67. The number of rotatable bonds is 10. The molecule has 4 rings (SSSR count). The van der Waals surface area contributed by atoms with E-state index in [1.54, 1.807) is 5.57 Å². The molecule has 0 amide bonds. The van der Waals surface area contributed by atoms with Crippen molar-refractivity contribution in [2.24, 2.45) is 35.0 Å². The second-order valence-electron chi connectivity index (χ2n) is 14.7. The molecule has 5 unspecified atom stereocenters. The Morgan fingerprint density at radius 3 is 2.16 bits per heavy atom. The lowest BCUT2D eigenvalue weighted by Gasteiger charge is -2.49. The van der Waals surface area contributed by atoms with E-state index in [1.165, 1.54) is 58.2 Å². The van der Waals surface area contributed by atoms with E-state index in [4.69, 9.17) is 23.2 Å². The molecule has 0 aromatic carbocycles. The highest BCUT2D eigenvalue weighted by Crippen LogP contribution is 2.46. The van der Waals surface area contributed by atoms with Crippen molar-refractivity contribution in [2.75, 3.05) is 60.4 Å². The van der Waals surface area contributed by atoms with Crippen molar-refractivity contribution in [1.29, 1.82) is 0 Å². The summed E-state index contributed by atoms with van der Waals surface area (Å²) < 4.78 is 0. The summed E-state index contributed by atoms with van der Waals surface area (Å²) in [4.78, 5) is 7.63. The average molecular weight is 676 g/mol. The van der Waals surface area contributed by atoms with Crippen LogP contribution < -0.4 is 5.32 Å². The van der Waals surface area contributed by atoms with Gasteiger partial charge in [-0.2, -0.15) is 0 Å². The van der Waals surface area contributed by atoms with Crippen LogP contribution in [0, 0.1) is 35.0 Å². The van der Waals surface area contributed by atoms with Crippen LogP contribution in [0.2, 0.25) is 0 Å². The standard InChI is InChI=1S/C32H58Cl2N4.CH4.5H2O/c1-22(2)30(20-38-15-13-28(32(3,4)21-38)23-8-10-26(33)11-9-23)35-18-25-16-27-24(12-14-36(5)6)19-37(7)31(27)17-29(25)34;;;;;;/h16,22-26,28-31,35H,8-15,17-21H2,1-7H3;1H4;5*1H2/t23?,24?,25?,26?,28?,29?,30-,31?;;;;;;/m0....../s1. The summed E-state index contributed by atoms with van der Waals surface area (Å²) in [5, 5.41) is 4.66. The fraction of sp³-hybridized carbons (Fsp3) is 0.939. The van der Waals surface area contributed by atoms with Crippen LogP contribution in [-0.2, 0) is 0 Å². The Hall–Kier alpha value is -0.0400. The van der Waals surface area contributed by atoms with Crippen LogP contribution in [0.1, 0.15) is 80.1 Å². The second kappa shape index (κ2) is 21.0. The molecule has 11 heteroatoms. The molecule has 44 heavy (non-hydrogen) atoms. The summed E-state index contributed by atoms with van der Waals surface area (Å²) in [6.45, 7) is 16.8. The fourth-order valence-electron chi connectivity index (χ4n) is 8.34. The number of hydrogen-bond donors (Lipinski definition) is 1. The van der Waals surface area contributed by atoms with Gasteiger partial charge in [-0.3, -0.25) is 4.90 Å². The van der Waals surface area contributed by atoms with E-state index >= 15 is 0 Å². The largest absolute Gasteiger partial charge is 0.412 e. The maximum atomic E-state index is 7.04. The molecule has 6 atom stereocenters. The molecule has 2 aliphatic heterocycles. The predicted molar refractivity (Wildman–Crippen MR) is 190 cm³/mol. The Balaban J connectivity index is -0.00000280. The molecule has 11 N–H and O–H groups in total. The predicted octanol–water partition coefficient (Wildman–Crippen LogP) is 2.69. The van der Waals surface area contributed by atoms with Crippen LogP contribution in [0.15, 0.2) is 11.6 Å². The van der Waals surface area contributed by atoms with E-state index in [2.05, 4.69) is 74.9 Å². The van der Waals surface area contributed by atoms with Crippen LogP contribution >= 0.6 is 23.2 Å². The van der Waals surface area contributed by atoms with Gasteiger partial charge < -0.3 is 42.5 Å². The number of alkyl halides is 2. The first-order valence-electron chi connectivity index (χ1n) is 15.7. The fourth-order valence-corrected chi connectivity index (χ4v) is 8.92. The zero-order chi connectivity index (χ0) is 27.6. The monoisotopic (exact) mass is 674 g/mol. The minimum absolute atomic E-state index is 0. The van der Waals surface area contributed by atoms with E-state index < -0.39 is 0 Å². The third-order valence-corrected chi connectivity index (χ3v) is 11.6. The zero-order valence-corrected chi connectivity index (χ0v) is 29.6.